The molecule has 0 amide bonds. The maximum absolute atomic E-state index is 11.8. The minimum atomic E-state index is -3.62. The van der Waals surface area contributed by atoms with Crippen molar-refractivity contribution in [2.75, 3.05) is 6.54 Å². The molecule has 1 aromatic rings. The van der Waals surface area contributed by atoms with Crippen molar-refractivity contribution in [2.45, 2.75) is 17.9 Å². The summed E-state index contributed by atoms with van der Waals surface area (Å²) >= 11 is 11.5. The Labute approximate surface area is 117 Å². The Morgan fingerprint density at radius 2 is 1.76 bits per heavy atom. The van der Waals surface area contributed by atoms with E-state index in [1.807, 2.05) is 0 Å². The van der Waals surface area contributed by atoms with Gasteiger partial charge in [0, 0.05) is 22.6 Å². The van der Waals surface area contributed by atoms with Crippen molar-refractivity contribution >= 4 is 45.6 Å². The zero-order valence-electron chi connectivity index (χ0n) is 8.98. The third-order valence-electron chi connectivity index (χ3n) is 1.86. The van der Waals surface area contributed by atoms with Gasteiger partial charge in [-0.05, 0) is 25.1 Å². The van der Waals surface area contributed by atoms with Gasteiger partial charge in [-0.15, -0.1) is 12.4 Å². The third kappa shape index (κ3) is 4.99. The lowest BCUT2D eigenvalue weighted by molar-refractivity contribution is 0.562. The lowest BCUT2D eigenvalue weighted by Gasteiger charge is -2.12. The molecule has 8 heteroatoms. The molecule has 0 aliphatic heterocycles. The smallest absolute Gasteiger partial charge is 0.240 e. The summed E-state index contributed by atoms with van der Waals surface area (Å²) in [4.78, 5) is 0.0327. The van der Waals surface area contributed by atoms with Crippen LogP contribution in [0.5, 0.6) is 0 Å². The van der Waals surface area contributed by atoms with Crippen LogP contribution in [0.4, 0.5) is 0 Å². The summed E-state index contributed by atoms with van der Waals surface area (Å²) in [6.45, 7) is 1.89. The molecule has 0 radical (unpaired) electrons. The monoisotopic (exact) mass is 318 g/mol. The maximum atomic E-state index is 11.8. The quantitative estimate of drug-likeness (QED) is 0.892. The molecule has 0 aromatic heterocycles. The van der Waals surface area contributed by atoms with Gasteiger partial charge in [0.15, 0.2) is 0 Å². The average Bonchev–Trinajstić information content (AvgIpc) is 2.15. The molecule has 0 saturated carbocycles. The Morgan fingerprint density at radius 3 is 2.18 bits per heavy atom. The van der Waals surface area contributed by atoms with E-state index in [4.69, 9.17) is 28.9 Å². The molecular formula is C9H13Cl3N2O2S. The number of nitrogens with two attached hydrogens (primary N) is 1. The summed E-state index contributed by atoms with van der Waals surface area (Å²) in [5.41, 5.74) is 5.34. The standard InChI is InChI=1S/C9H12Cl2N2O2S.ClH/c1-6(5-12)13-16(14,15)9-3-7(10)2-8(11)4-9;/h2-4,6,13H,5,12H2,1H3;1H/t6-;/m0./s1. The Hall–Kier alpha value is -0.0400. The predicted octanol–water partition coefficient (Wildman–Crippen LogP) is 2.04. The van der Waals surface area contributed by atoms with Crippen LogP contribution in [0.2, 0.25) is 10.0 Å². The van der Waals surface area contributed by atoms with Gasteiger partial charge in [-0.25, -0.2) is 13.1 Å². The number of nitrogens with one attached hydrogen (secondary N) is 1. The Kier molecular flexibility index (Phi) is 6.76. The second kappa shape index (κ2) is 6.78. The van der Waals surface area contributed by atoms with E-state index in [-0.39, 0.29) is 39.9 Å². The minimum absolute atomic E-state index is 0. The molecule has 4 nitrogen and oxygen atoms in total. The summed E-state index contributed by atoms with van der Waals surface area (Å²) in [6.07, 6.45) is 0. The van der Waals surface area contributed by atoms with E-state index in [0.29, 0.717) is 0 Å². The van der Waals surface area contributed by atoms with Crippen molar-refractivity contribution < 1.29 is 8.42 Å². The highest BCUT2D eigenvalue weighted by Gasteiger charge is 2.17. The number of rotatable bonds is 4. The van der Waals surface area contributed by atoms with Gasteiger partial charge in [0.25, 0.3) is 0 Å². The highest BCUT2D eigenvalue weighted by molar-refractivity contribution is 7.89. The molecule has 0 fully saturated rings. The van der Waals surface area contributed by atoms with Crippen LogP contribution in [-0.4, -0.2) is 21.0 Å². The molecule has 0 spiro atoms. The first-order chi connectivity index (χ1) is 7.35. The molecule has 0 saturated heterocycles. The van der Waals surface area contributed by atoms with E-state index in [9.17, 15) is 8.42 Å². The molecule has 0 aliphatic carbocycles. The normalized spacial score (nSPS) is 12.9. The minimum Gasteiger partial charge on any atom is -0.329 e. The van der Waals surface area contributed by atoms with Crippen LogP contribution in [0.1, 0.15) is 6.92 Å². The molecule has 0 bridgehead atoms. The van der Waals surface area contributed by atoms with Gasteiger partial charge in [0.2, 0.25) is 10.0 Å². The Balaban J connectivity index is 0.00000256. The van der Waals surface area contributed by atoms with Crippen LogP contribution in [0.3, 0.4) is 0 Å². The summed E-state index contributed by atoms with van der Waals surface area (Å²) in [5.74, 6) is 0. The van der Waals surface area contributed by atoms with Crippen molar-refractivity contribution in [1.82, 2.24) is 4.72 Å². The largest absolute Gasteiger partial charge is 0.329 e. The van der Waals surface area contributed by atoms with Crippen molar-refractivity contribution in [3.05, 3.63) is 28.2 Å². The predicted molar refractivity (Wildman–Crippen MR) is 72.5 cm³/mol. The number of benzene rings is 1. The van der Waals surface area contributed by atoms with Crippen LogP contribution < -0.4 is 10.5 Å². The number of hydrogen-bond donors (Lipinski definition) is 2. The van der Waals surface area contributed by atoms with E-state index in [2.05, 4.69) is 4.72 Å². The van der Waals surface area contributed by atoms with Crippen molar-refractivity contribution in [2.24, 2.45) is 5.73 Å². The fourth-order valence-electron chi connectivity index (χ4n) is 1.06. The zero-order valence-corrected chi connectivity index (χ0v) is 12.1. The Morgan fingerprint density at radius 1 is 1.29 bits per heavy atom. The van der Waals surface area contributed by atoms with E-state index in [1.54, 1.807) is 6.92 Å². The first kappa shape index (κ1) is 17.0. The van der Waals surface area contributed by atoms with E-state index in [0.717, 1.165) is 0 Å². The van der Waals surface area contributed by atoms with Gasteiger partial charge in [0.1, 0.15) is 0 Å². The molecular weight excluding hydrogens is 307 g/mol. The fraction of sp³-hybridized carbons (Fsp3) is 0.333. The molecule has 1 aromatic carbocycles. The van der Waals surface area contributed by atoms with Crippen molar-refractivity contribution in [3.8, 4) is 0 Å². The number of hydrogen-bond acceptors (Lipinski definition) is 3. The summed E-state index contributed by atoms with van der Waals surface area (Å²) in [6, 6.07) is 3.79. The van der Waals surface area contributed by atoms with E-state index in [1.165, 1.54) is 18.2 Å². The van der Waals surface area contributed by atoms with Crippen LogP contribution in [0.15, 0.2) is 23.1 Å². The van der Waals surface area contributed by atoms with Crippen LogP contribution in [0.25, 0.3) is 0 Å². The third-order valence-corrected chi connectivity index (χ3v) is 3.86. The molecule has 0 aliphatic rings. The van der Waals surface area contributed by atoms with Gasteiger partial charge >= 0.3 is 0 Å². The maximum Gasteiger partial charge on any atom is 0.240 e. The second-order valence-corrected chi connectivity index (χ2v) is 5.95. The lowest BCUT2D eigenvalue weighted by atomic mass is 10.4. The van der Waals surface area contributed by atoms with Gasteiger partial charge in [-0.1, -0.05) is 23.2 Å². The average molecular weight is 320 g/mol. The zero-order chi connectivity index (χ0) is 12.3. The summed E-state index contributed by atoms with van der Waals surface area (Å²) in [7, 11) is -3.62. The lowest BCUT2D eigenvalue weighted by Crippen LogP contribution is -2.37. The molecule has 0 unspecified atom stereocenters. The first-order valence-corrected chi connectivity index (χ1v) is 6.77. The van der Waals surface area contributed by atoms with Crippen LogP contribution in [0, 0.1) is 0 Å². The molecule has 1 atom stereocenters. The van der Waals surface area contributed by atoms with E-state index >= 15 is 0 Å². The molecule has 98 valence electrons. The summed E-state index contributed by atoms with van der Waals surface area (Å²) in [5, 5.41) is 0.543. The molecule has 3 N–H and O–H groups in total. The van der Waals surface area contributed by atoms with E-state index < -0.39 is 10.0 Å². The van der Waals surface area contributed by atoms with Gasteiger partial charge in [-0.3, -0.25) is 0 Å². The molecule has 0 heterocycles. The second-order valence-electron chi connectivity index (χ2n) is 3.36. The van der Waals surface area contributed by atoms with Crippen LogP contribution in [-0.2, 0) is 10.0 Å². The van der Waals surface area contributed by atoms with Crippen LogP contribution >= 0.6 is 35.6 Å². The van der Waals surface area contributed by atoms with Crippen molar-refractivity contribution in [1.29, 1.82) is 0 Å². The molecule has 17 heavy (non-hydrogen) atoms. The van der Waals surface area contributed by atoms with Gasteiger partial charge < -0.3 is 5.73 Å². The highest BCUT2D eigenvalue weighted by Crippen LogP contribution is 2.22. The van der Waals surface area contributed by atoms with Gasteiger partial charge in [0.05, 0.1) is 4.90 Å². The Bertz CT molecular complexity index is 459. The number of halogens is 3. The first-order valence-electron chi connectivity index (χ1n) is 4.53. The topological polar surface area (TPSA) is 72.2 Å². The van der Waals surface area contributed by atoms with Gasteiger partial charge in [-0.2, -0.15) is 0 Å². The van der Waals surface area contributed by atoms with Crippen molar-refractivity contribution in [3.63, 3.8) is 0 Å². The molecule has 1 rings (SSSR count). The fourth-order valence-corrected chi connectivity index (χ4v) is 3.05. The highest BCUT2D eigenvalue weighted by atomic mass is 35.5. The number of sulfonamides is 1. The summed E-state index contributed by atoms with van der Waals surface area (Å²) < 4.78 is 26.1. The SMILES string of the molecule is C[C@@H](CN)NS(=O)(=O)c1cc(Cl)cc(Cl)c1.Cl.